The molecule has 25 heavy (non-hydrogen) atoms. The van der Waals surface area contributed by atoms with Crippen molar-refractivity contribution in [1.82, 2.24) is 5.43 Å². The normalized spacial score (nSPS) is 10.3. The molecule has 0 heterocycles. The van der Waals surface area contributed by atoms with Crippen molar-refractivity contribution in [3.05, 3.63) is 58.1 Å². The second kappa shape index (κ2) is 8.60. The molecule has 0 aliphatic heterocycles. The first-order valence-corrected chi connectivity index (χ1v) is 7.51. The van der Waals surface area contributed by atoms with E-state index in [0.717, 1.165) is 5.56 Å². The first kappa shape index (κ1) is 18.1. The van der Waals surface area contributed by atoms with E-state index in [1.807, 2.05) is 0 Å². The van der Waals surface area contributed by atoms with Crippen LogP contribution in [0.4, 0.5) is 11.4 Å². The number of benzene rings is 2. The van der Waals surface area contributed by atoms with Crippen LogP contribution < -0.4 is 20.2 Å². The topological polar surface area (TPSA) is 98.0 Å². The van der Waals surface area contributed by atoms with Crippen LogP contribution in [0.15, 0.2) is 47.6 Å². The van der Waals surface area contributed by atoms with Gasteiger partial charge in [-0.3, -0.25) is 15.5 Å². The molecule has 0 aliphatic carbocycles. The molecule has 8 nitrogen and oxygen atoms in total. The molecule has 0 spiro atoms. The van der Waals surface area contributed by atoms with Crippen LogP contribution in [0.5, 0.6) is 11.5 Å². The highest BCUT2D eigenvalue weighted by Gasteiger charge is 2.12. The molecule has 0 fully saturated rings. The highest BCUT2D eigenvalue weighted by molar-refractivity contribution is 7.80. The maximum Gasteiger partial charge on any atom is 0.292 e. The van der Waals surface area contributed by atoms with Gasteiger partial charge in [0.25, 0.3) is 5.69 Å². The number of hydrogen-bond acceptors (Lipinski definition) is 6. The summed E-state index contributed by atoms with van der Waals surface area (Å²) in [5.41, 5.74) is 3.54. The zero-order valence-corrected chi connectivity index (χ0v) is 14.4. The maximum absolute atomic E-state index is 11.0. The molecule has 2 N–H and O–H groups in total. The number of rotatable bonds is 6. The first-order valence-electron chi connectivity index (χ1n) is 7.10. The molecule has 130 valence electrons. The molecule has 2 rings (SSSR count). The average molecular weight is 360 g/mol. The standard InChI is InChI=1S/C16H16N4O4S/c1-23-12-7-11(8-13(9-12)24-2)10-17-19-16(25)18-14-5-3-4-6-15(14)20(21)22/h3-10H,1-2H3,(H2,18,19,25)/b17-10-. The maximum atomic E-state index is 11.0. The molecule has 0 radical (unpaired) electrons. The van der Waals surface area contributed by atoms with Crippen molar-refractivity contribution in [2.75, 3.05) is 19.5 Å². The summed E-state index contributed by atoms with van der Waals surface area (Å²) in [5.74, 6) is 1.25. The van der Waals surface area contributed by atoms with Gasteiger partial charge in [0.1, 0.15) is 17.2 Å². The summed E-state index contributed by atoms with van der Waals surface area (Å²) >= 11 is 5.09. The van der Waals surface area contributed by atoms with Gasteiger partial charge in [-0.15, -0.1) is 0 Å². The second-order valence-electron chi connectivity index (χ2n) is 4.74. The molecule has 9 heteroatoms. The summed E-state index contributed by atoms with van der Waals surface area (Å²) in [7, 11) is 3.11. The highest BCUT2D eigenvalue weighted by Crippen LogP contribution is 2.23. The van der Waals surface area contributed by atoms with E-state index in [9.17, 15) is 10.1 Å². The number of hydrogen-bond donors (Lipinski definition) is 2. The minimum atomic E-state index is -0.489. The van der Waals surface area contributed by atoms with Gasteiger partial charge in [-0.2, -0.15) is 5.10 Å². The summed E-state index contributed by atoms with van der Waals surface area (Å²) in [6.07, 6.45) is 1.53. The first-order chi connectivity index (χ1) is 12.0. The van der Waals surface area contributed by atoms with E-state index in [4.69, 9.17) is 21.7 Å². The number of nitrogens with one attached hydrogen (secondary N) is 2. The van der Waals surface area contributed by atoms with Crippen molar-refractivity contribution in [1.29, 1.82) is 0 Å². The fourth-order valence-electron chi connectivity index (χ4n) is 1.96. The van der Waals surface area contributed by atoms with E-state index in [0.29, 0.717) is 11.5 Å². The van der Waals surface area contributed by atoms with Gasteiger partial charge in [-0.05, 0) is 30.4 Å². The van der Waals surface area contributed by atoms with Crippen LogP contribution >= 0.6 is 12.2 Å². The minimum absolute atomic E-state index is 0.0758. The Balaban J connectivity index is 2.03. The van der Waals surface area contributed by atoms with Gasteiger partial charge in [0.15, 0.2) is 5.11 Å². The van der Waals surface area contributed by atoms with Gasteiger partial charge in [-0.1, -0.05) is 12.1 Å². The van der Waals surface area contributed by atoms with E-state index < -0.39 is 4.92 Å². The number of methoxy groups -OCH3 is 2. The quantitative estimate of drug-likeness (QED) is 0.354. The number of nitro groups is 1. The van der Waals surface area contributed by atoms with Crippen molar-refractivity contribution in [3.8, 4) is 11.5 Å². The summed E-state index contributed by atoms with van der Waals surface area (Å²) in [6, 6.07) is 11.5. The lowest BCUT2D eigenvalue weighted by Crippen LogP contribution is -2.24. The van der Waals surface area contributed by atoms with Gasteiger partial charge in [-0.25, -0.2) is 0 Å². The fraction of sp³-hybridized carbons (Fsp3) is 0.125. The van der Waals surface area contributed by atoms with Crippen LogP contribution in [0.1, 0.15) is 5.56 Å². The van der Waals surface area contributed by atoms with Crippen LogP contribution in [-0.2, 0) is 0 Å². The number of nitro benzene ring substituents is 1. The molecule has 2 aromatic carbocycles. The lowest BCUT2D eigenvalue weighted by Gasteiger charge is -2.08. The van der Waals surface area contributed by atoms with Crippen LogP contribution in [0.25, 0.3) is 0 Å². The lowest BCUT2D eigenvalue weighted by atomic mass is 10.2. The van der Waals surface area contributed by atoms with Crippen LogP contribution in [0.3, 0.4) is 0 Å². The van der Waals surface area contributed by atoms with Gasteiger partial charge in [0.2, 0.25) is 0 Å². The number of para-hydroxylation sites is 2. The SMILES string of the molecule is COc1cc(/C=N\NC(=S)Nc2ccccc2[N+](=O)[O-])cc(OC)c1. The number of ether oxygens (including phenoxy) is 2. The number of nitrogens with zero attached hydrogens (tertiary/aromatic N) is 2. The van der Waals surface area contributed by atoms with Crippen molar-refractivity contribution < 1.29 is 14.4 Å². The van der Waals surface area contributed by atoms with Crippen molar-refractivity contribution in [2.24, 2.45) is 5.10 Å². The van der Waals surface area contributed by atoms with Crippen molar-refractivity contribution in [2.45, 2.75) is 0 Å². The number of hydrazone groups is 1. The molecular weight excluding hydrogens is 344 g/mol. The third kappa shape index (κ3) is 5.15. The van der Waals surface area contributed by atoms with E-state index in [1.54, 1.807) is 50.6 Å². The third-order valence-electron chi connectivity index (χ3n) is 3.10. The summed E-state index contributed by atoms with van der Waals surface area (Å²) in [4.78, 5) is 10.5. The fourth-order valence-corrected chi connectivity index (χ4v) is 2.12. The molecule has 0 amide bonds. The predicted molar refractivity (Wildman–Crippen MR) is 99.6 cm³/mol. The van der Waals surface area contributed by atoms with E-state index >= 15 is 0 Å². The molecule has 0 atom stereocenters. The minimum Gasteiger partial charge on any atom is -0.497 e. The van der Waals surface area contributed by atoms with Gasteiger partial charge in [0, 0.05) is 17.7 Å². The Morgan fingerprint density at radius 1 is 1.20 bits per heavy atom. The molecule has 0 saturated heterocycles. The zero-order valence-electron chi connectivity index (χ0n) is 13.6. The summed E-state index contributed by atoms with van der Waals surface area (Å²) in [5, 5.41) is 17.8. The molecule has 0 bridgehead atoms. The molecule has 0 aromatic heterocycles. The number of thiocarbonyl (C=S) groups is 1. The summed E-state index contributed by atoms with van der Waals surface area (Å²) in [6.45, 7) is 0. The van der Waals surface area contributed by atoms with Gasteiger partial charge >= 0.3 is 0 Å². The van der Waals surface area contributed by atoms with Gasteiger partial charge < -0.3 is 14.8 Å². The smallest absolute Gasteiger partial charge is 0.292 e. The Bertz CT molecular complexity index is 788. The third-order valence-corrected chi connectivity index (χ3v) is 3.30. The monoisotopic (exact) mass is 360 g/mol. The van der Waals surface area contributed by atoms with E-state index in [-0.39, 0.29) is 16.5 Å². The average Bonchev–Trinajstić information content (AvgIpc) is 2.61. The Kier molecular flexibility index (Phi) is 6.24. The Morgan fingerprint density at radius 3 is 2.44 bits per heavy atom. The van der Waals surface area contributed by atoms with E-state index in [2.05, 4.69) is 15.8 Å². The second-order valence-corrected chi connectivity index (χ2v) is 5.15. The van der Waals surface area contributed by atoms with Crippen LogP contribution in [0.2, 0.25) is 0 Å². The Morgan fingerprint density at radius 2 is 1.84 bits per heavy atom. The molecule has 0 unspecified atom stereocenters. The molecule has 0 aliphatic rings. The Hall–Kier alpha value is -3.20. The molecule has 0 saturated carbocycles. The summed E-state index contributed by atoms with van der Waals surface area (Å²) < 4.78 is 10.4. The Labute approximate surface area is 149 Å². The highest BCUT2D eigenvalue weighted by atomic mass is 32.1. The molecule has 2 aromatic rings. The molecular formula is C16H16N4O4S. The van der Waals surface area contributed by atoms with Crippen molar-refractivity contribution in [3.63, 3.8) is 0 Å². The predicted octanol–water partition coefficient (Wildman–Crippen LogP) is 2.93. The zero-order chi connectivity index (χ0) is 18.2. The van der Waals surface area contributed by atoms with Gasteiger partial charge in [0.05, 0.1) is 25.4 Å². The van der Waals surface area contributed by atoms with Crippen LogP contribution in [-0.4, -0.2) is 30.5 Å². The van der Waals surface area contributed by atoms with Crippen molar-refractivity contribution >= 4 is 34.9 Å². The largest absolute Gasteiger partial charge is 0.497 e. The number of anilines is 1. The lowest BCUT2D eigenvalue weighted by molar-refractivity contribution is -0.383. The van der Waals surface area contributed by atoms with E-state index in [1.165, 1.54) is 12.3 Å². The van der Waals surface area contributed by atoms with Crippen LogP contribution in [0, 0.1) is 10.1 Å².